The summed E-state index contributed by atoms with van der Waals surface area (Å²) in [5.41, 5.74) is 4.21. The van der Waals surface area contributed by atoms with Crippen LogP contribution in [0.5, 0.6) is 0 Å². The molecule has 4 aromatic rings. The molecule has 0 saturated heterocycles. The molecule has 24 heavy (non-hydrogen) atoms. The van der Waals surface area contributed by atoms with Crippen molar-refractivity contribution in [1.29, 1.82) is 0 Å². The summed E-state index contributed by atoms with van der Waals surface area (Å²) >= 11 is 6.32. The molecular weight excluding hydrogens is 316 g/mol. The number of imidazole rings is 1. The third kappa shape index (κ3) is 2.70. The molecule has 3 aromatic carbocycles. The first-order chi connectivity index (χ1) is 11.7. The number of aromatic amines is 1. The third-order valence-electron chi connectivity index (χ3n) is 4.30. The summed E-state index contributed by atoms with van der Waals surface area (Å²) in [5, 5.41) is 3.25. The molecule has 0 fully saturated rings. The van der Waals surface area contributed by atoms with Crippen LogP contribution in [0, 0.1) is 6.92 Å². The fourth-order valence-electron chi connectivity index (χ4n) is 3.15. The molecule has 0 aliphatic carbocycles. The topological polar surface area (TPSA) is 28.7 Å². The Morgan fingerprint density at radius 2 is 1.67 bits per heavy atom. The quantitative estimate of drug-likeness (QED) is 0.506. The Morgan fingerprint density at radius 3 is 2.54 bits per heavy atom. The van der Waals surface area contributed by atoms with Crippen molar-refractivity contribution in [3.05, 3.63) is 88.8 Å². The second-order valence-electron chi connectivity index (χ2n) is 5.95. The van der Waals surface area contributed by atoms with Crippen molar-refractivity contribution in [2.24, 2.45) is 0 Å². The van der Waals surface area contributed by atoms with E-state index in [-0.39, 0.29) is 0 Å². The lowest BCUT2D eigenvalue weighted by Gasteiger charge is -2.04. The largest absolute Gasteiger partial charge is 0.345 e. The van der Waals surface area contributed by atoms with Crippen LogP contribution in [0.15, 0.2) is 66.7 Å². The maximum Gasteiger partial charge on any atom is 0.111 e. The molecule has 1 heterocycles. The molecule has 0 aliphatic heterocycles. The number of H-pyrrole nitrogens is 1. The first-order valence-electron chi connectivity index (χ1n) is 7.99. The van der Waals surface area contributed by atoms with E-state index in [1.165, 1.54) is 16.3 Å². The van der Waals surface area contributed by atoms with E-state index >= 15 is 0 Å². The highest BCUT2D eigenvalue weighted by Gasteiger charge is 2.12. The molecule has 0 spiro atoms. The molecular formula is C21H17ClN2. The van der Waals surface area contributed by atoms with Gasteiger partial charge in [-0.2, -0.15) is 0 Å². The summed E-state index contributed by atoms with van der Waals surface area (Å²) < 4.78 is 0. The number of aromatic nitrogens is 2. The van der Waals surface area contributed by atoms with Gasteiger partial charge in [-0.15, -0.1) is 0 Å². The summed E-state index contributed by atoms with van der Waals surface area (Å²) in [6.07, 6.45) is 0.770. The number of nitrogens with one attached hydrogen (secondary N) is 1. The van der Waals surface area contributed by atoms with E-state index in [2.05, 4.69) is 47.4 Å². The molecule has 0 aliphatic rings. The van der Waals surface area contributed by atoms with E-state index in [0.717, 1.165) is 34.2 Å². The van der Waals surface area contributed by atoms with Crippen molar-refractivity contribution in [3.63, 3.8) is 0 Å². The highest BCUT2D eigenvalue weighted by molar-refractivity contribution is 6.33. The van der Waals surface area contributed by atoms with Crippen LogP contribution in [0.1, 0.15) is 17.1 Å². The van der Waals surface area contributed by atoms with Crippen LogP contribution in [0.2, 0.25) is 5.02 Å². The van der Waals surface area contributed by atoms with Gasteiger partial charge in [-0.25, -0.2) is 4.98 Å². The molecule has 118 valence electrons. The van der Waals surface area contributed by atoms with E-state index in [4.69, 9.17) is 16.6 Å². The number of hydrogen-bond acceptors (Lipinski definition) is 1. The average molecular weight is 333 g/mol. The molecule has 0 unspecified atom stereocenters. The molecule has 0 amide bonds. The maximum absolute atomic E-state index is 6.32. The monoisotopic (exact) mass is 332 g/mol. The molecule has 1 aromatic heterocycles. The first kappa shape index (κ1) is 15.0. The Bertz CT molecular complexity index is 1010. The normalized spacial score (nSPS) is 11.1. The Balaban J connectivity index is 1.74. The van der Waals surface area contributed by atoms with Crippen molar-refractivity contribution >= 4 is 22.4 Å². The van der Waals surface area contributed by atoms with Gasteiger partial charge < -0.3 is 4.98 Å². The lowest BCUT2D eigenvalue weighted by atomic mass is 10.0. The van der Waals surface area contributed by atoms with Crippen molar-refractivity contribution in [2.75, 3.05) is 0 Å². The van der Waals surface area contributed by atoms with E-state index in [1.54, 1.807) is 0 Å². The Hall–Kier alpha value is -2.58. The van der Waals surface area contributed by atoms with Crippen LogP contribution in [-0.4, -0.2) is 9.97 Å². The summed E-state index contributed by atoms with van der Waals surface area (Å²) in [7, 11) is 0. The minimum Gasteiger partial charge on any atom is -0.345 e. The molecule has 4 rings (SSSR count). The highest BCUT2D eigenvalue weighted by atomic mass is 35.5. The van der Waals surface area contributed by atoms with Gasteiger partial charge in [0, 0.05) is 17.7 Å². The zero-order chi connectivity index (χ0) is 16.5. The minimum absolute atomic E-state index is 0.726. The molecule has 3 heteroatoms. The van der Waals surface area contributed by atoms with Crippen LogP contribution < -0.4 is 0 Å². The molecule has 1 N–H and O–H groups in total. The van der Waals surface area contributed by atoms with Crippen molar-refractivity contribution in [1.82, 2.24) is 9.97 Å². The lowest BCUT2D eigenvalue weighted by Crippen LogP contribution is -1.92. The standard InChI is InChI=1S/C21H17ClN2/c1-14-21(18-11-4-5-12-19(18)22)24-20(23-14)13-16-9-6-8-15-7-2-3-10-17(15)16/h2-12H,13H2,1H3,(H,23,24). The predicted octanol–water partition coefficient (Wildman–Crippen LogP) is 5.78. The van der Waals surface area contributed by atoms with Crippen LogP contribution in [0.3, 0.4) is 0 Å². The lowest BCUT2D eigenvalue weighted by molar-refractivity contribution is 1.02. The Morgan fingerprint density at radius 1 is 0.917 bits per heavy atom. The van der Waals surface area contributed by atoms with Gasteiger partial charge in [-0.05, 0) is 29.3 Å². The third-order valence-corrected chi connectivity index (χ3v) is 4.63. The molecule has 0 saturated carbocycles. The summed E-state index contributed by atoms with van der Waals surface area (Å²) in [6, 6.07) is 22.7. The average Bonchev–Trinajstić information content (AvgIpc) is 2.96. The van der Waals surface area contributed by atoms with Crippen LogP contribution >= 0.6 is 11.6 Å². The van der Waals surface area contributed by atoms with Gasteiger partial charge in [0.25, 0.3) is 0 Å². The maximum atomic E-state index is 6.32. The van der Waals surface area contributed by atoms with Crippen LogP contribution in [0.25, 0.3) is 22.0 Å². The molecule has 0 radical (unpaired) electrons. The summed E-state index contributed by atoms with van der Waals surface area (Å²) in [4.78, 5) is 8.22. The van der Waals surface area contributed by atoms with Crippen LogP contribution in [0.4, 0.5) is 0 Å². The van der Waals surface area contributed by atoms with Gasteiger partial charge in [0.05, 0.1) is 10.7 Å². The Labute approximate surface area is 146 Å². The predicted molar refractivity (Wildman–Crippen MR) is 101 cm³/mol. The van der Waals surface area contributed by atoms with Gasteiger partial charge >= 0.3 is 0 Å². The number of hydrogen-bond donors (Lipinski definition) is 1. The van der Waals surface area contributed by atoms with Gasteiger partial charge in [0.2, 0.25) is 0 Å². The fraction of sp³-hybridized carbons (Fsp3) is 0.0952. The summed E-state index contributed by atoms with van der Waals surface area (Å²) in [5.74, 6) is 0.957. The zero-order valence-corrected chi connectivity index (χ0v) is 14.1. The van der Waals surface area contributed by atoms with Crippen molar-refractivity contribution < 1.29 is 0 Å². The first-order valence-corrected chi connectivity index (χ1v) is 8.37. The summed E-state index contributed by atoms with van der Waals surface area (Å²) in [6.45, 7) is 2.04. The van der Waals surface area contributed by atoms with E-state index in [1.807, 2.05) is 31.2 Å². The minimum atomic E-state index is 0.726. The van der Waals surface area contributed by atoms with Crippen molar-refractivity contribution in [3.8, 4) is 11.3 Å². The molecule has 0 bridgehead atoms. The van der Waals surface area contributed by atoms with Gasteiger partial charge in [0.1, 0.15) is 5.82 Å². The van der Waals surface area contributed by atoms with E-state index in [9.17, 15) is 0 Å². The second kappa shape index (κ2) is 6.14. The fourth-order valence-corrected chi connectivity index (χ4v) is 3.37. The van der Waals surface area contributed by atoms with E-state index < -0.39 is 0 Å². The highest BCUT2D eigenvalue weighted by Crippen LogP contribution is 2.29. The number of benzene rings is 3. The second-order valence-corrected chi connectivity index (χ2v) is 6.36. The Kier molecular flexibility index (Phi) is 3.83. The number of rotatable bonds is 3. The van der Waals surface area contributed by atoms with Gasteiger partial charge in [0.15, 0.2) is 0 Å². The number of nitrogens with zero attached hydrogens (tertiary/aromatic N) is 1. The number of aryl methyl sites for hydroxylation is 1. The number of halogens is 1. The smallest absolute Gasteiger partial charge is 0.111 e. The zero-order valence-electron chi connectivity index (χ0n) is 13.4. The molecule has 2 nitrogen and oxygen atoms in total. The van der Waals surface area contributed by atoms with Crippen molar-refractivity contribution in [2.45, 2.75) is 13.3 Å². The van der Waals surface area contributed by atoms with E-state index in [0.29, 0.717) is 0 Å². The molecule has 0 atom stereocenters. The number of fused-ring (bicyclic) bond motifs is 1. The van der Waals surface area contributed by atoms with Gasteiger partial charge in [-0.1, -0.05) is 72.3 Å². The van der Waals surface area contributed by atoms with Crippen LogP contribution in [-0.2, 0) is 6.42 Å². The SMILES string of the molecule is Cc1[nH]c(Cc2cccc3ccccc23)nc1-c1ccccc1Cl. The van der Waals surface area contributed by atoms with Gasteiger partial charge in [-0.3, -0.25) is 0 Å².